The van der Waals surface area contributed by atoms with E-state index in [9.17, 15) is 14.7 Å². The fraction of sp³-hybridized carbons (Fsp3) is 0.720. The minimum Gasteiger partial charge on any atom is -0.462 e. The number of allylic oxidation sites excluding steroid dienone is 12. The van der Waals surface area contributed by atoms with Crippen molar-refractivity contribution in [2.24, 2.45) is 0 Å². The lowest BCUT2D eigenvalue weighted by atomic mass is 10.0. The maximum Gasteiger partial charge on any atom is 0.306 e. The molecule has 1 unspecified atom stereocenters. The van der Waals surface area contributed by atoms with E-state index < -0.39 is 6.10 Å². The van der Waals surface area contributed by atoms with Crippen molar-refractivity contribution in [2.75, 3.05) is 13.2 Å². The van der Waals surface area contributed by atoms with Gasteiger partial charge in [0.1, 0.15) is 6.61 Å². The van der Waals surface area contributed by atoms with Crippen LogP contribution in [0.4, 0.5) is 0 Å². The number of aliphatic hydroxyl groups is 1. The van der Waals surface area contributed by atoms with Crippen LogP contribution < -0.4 is 0 Å². The summed E-state index contributed by atoms with van der Waals surface area (Å²) in [5, 5.41) is 9.59. The van der Waals surface area contributed by atoms with E-state index in [0.717, 1.165) is 83.5 Å². The molecule has 0 aromatic heterocycles. The molecule has 0 saturated carbocycles. The van der Waals surface area contributed by atoms with Crippen LogP contribution in [0.25, 0.3) is 0 Å². The van der Waals surface area contributed by atoms with Crippen molar-refractivity contribution in [2.45, 2.75) is 219 Å². The van der Waals surface area contributed by atoms with Gasteiger partial charge in [-0.25, -0.2) is 0 Å². The highest BCUT2D eigenvalue weighted by Gasteiger charge is 2.16. The summed E-state index contributed by atoms with van der Waals surface area (Å²) in [5.41, 5.74) is 0. The molecule has 0 rings (SSSR count). The second kappa shape index (κ2) is 45.7. The van der Waals surface area contributed by atoms with Crippen LogP contribution in [0.3, 0.4) is 0 Å². The second-order valence-electron chi connectivity index (χ2n) is 15.1. The van der Waals surface area contributed by atoms with Gasteiger partial charge in [0.05, 0.1) is 6.61 Å². The van der Waals surface area contributed by atoms with Crippen molar-refractivity contribution in [3.8, 4) is 0 Å². The Morgan fingerprint density at radius 2 is 0.782 bits per heavy atom. The van der Waals surface area contributed by atoms with Crippen LogP contribution in [0, 0.1) is 0 Å². The average molecular weight is 767 g/mol. The zero-order valence-corrected chi connectivity index (χ0v) is 35.9. The van der Waals surface area contributed by atoms with E-state index in [-0.39, 0.29) is 25.2 Å². The van der Waals surface area contributed by atoms with Crippen LogP contribution in [0.1, 0.15) is 213 Å². The van der Waals surface area contributed by atoms with Crippen molar-refractivity contribution in [1.29, 1.82) is 0 Å². The first-order valence-corrected chi connectivity index (χ1v) is 23.0. The molecule has 0 fully saturated rings. The Hall–Kier alpha value is -2.66. The average Bonchev–Trinajstić information content (AvgIpc) is 3.19. The lowest BCUT2D eigenvalue weighted by molar-refractivity contribution is -0.161. The van der Waals surface area contributed by atoms with Gasteiger partial charge in [-0.2, -0.15) is 0 Å². The third-order valence-corrected chi connectivity index (χ3v) is 9.76. The zero-order chi connectivity index (χ0) is 40.0. The fourth-order valence-electron chi connectivity index (χ4n) is 6.32. The molecule has 0 saturated heterocycles. The molecule has 0 aromatic carbocycles. The molecule has 0 bridgehead atoms. The maximum absolute atomic E-state index is 12.2. The van der Waals surface area contributed by atoms with Gasteiger partial charge in [0.25, 0.3) is 0 Å². The minimum absolute atomic E-state index is 0.0697. The van der Waals surface area contributed by atoms with Gasteiger partial charge in [-0.1, -0.05) is 209 Å². The first-order valence-electron chi connectivity index (χ1n) is 23.0. The number of unbranched alkanes of at least 4 members (excludes halogenated alkanes) is 21. The van der Waals surface area contributed by atoms with Crippen molar-refractivity contribution >= 4 is 11.9 Å². The Balaban J connectivity index is 3.57. The molecule has 0 spiro atoms. The number of esters is 2. The molecule has 1 N–H and O–H groups in total. The van der Waals surface area contributed by atoms with Crippen LogP contribution in [0.15, 0.2) is 72.9 Å². The van der Waals surface area contributed by atoms with E-state index in [2.05, 4.69) is 86.8 Å². The summed E-state index contributed by atoms with van der Waals surface area (Å²) in [7, 11) is 0. The van der Waals surface area contributed by atoms with Gasteiger partial charge in [0.15, 0.2) is 6.10 Å². The molecule has 0 aliphatic heterocycles. The van der Waals surface area contributed by atoms with Crippen molar-refractivity contribution < 1.29 is 24.2 Å². The Labute approximate surface area is 340 Å². The number of aliphatic hydroxyl groups excluding tert-OH is 1. The molecule has 1 atom stereocenters. The third kappa shape index (κ3) is 43.9. The highest BCUT2D eigenvalue weighted by molar-refractivity contribution is 5.70. The fourth-order valence-corrected chi connectivity index (χ4v) is 6.32. The van der Waals surface area contributed by atoms with E-state index in [1.807, 2.05) is 0 Å². The summed E-state index contributed by atoms with van der Waals surface area (Å²) in [4.78, 5) is 24.3. The van der Waals surface area contributed by atoms with Crippen molar-refractivity contribution in [3.63, 3.8) is 0 Å². The molecular formula is C50H86O5. The first kappa shape index (κ1) is 52.3. The topological polar surface area (TPSA) is 72.8 Å². The van der Waals surface area contributed by atoms with Crippen LogP contribution in [-0.4, -0.2) is 36.4 Å². The third-order valence-electron chi connectivity index (χ3n) is 9.76. The molecule has 0 heterocycles. The van der Waals surface area contributed by atoms with Gasteiger partial charge in [0.2, 0.25) is 0 Å². The van der Waals surface area contributed by atoms with Crippen LogP contribution >= 0.6 is 0 Å². The summed E-state index contributed by atoms with van der Waals surface area (Å²) in [5.74, 6) is -0.599. The highest BCUT2D eigenvalue weighted by atomic mass is 16.6. The molecule has 0 amide bonds. The standard InChI is InChI=1S/C50H86O5/c1-3-5-7-9-11-13-15-17-19-20-21-22-23-24-25-26-27-28-29-30-31-33-35-37-39-41-43-45-50(53)55-48(46-51)47-54-49(52)44-42-40-38-36-34-32-18-16-14-12-10-8-6-4-2/h5,7,11,13,17,19,21-22,24-25,27-28,48,51H,3-4,6,8-10,12,14-16,18,20,23,26,29-47H2,1-2H3/b7-5-,13-11-,19-17-,22-21-,25-24-,28-27-. The number of ether oxygens (including phenoxy) is 2. The maximum atomic E-state index is 12.2. The normalized spacial score (nSPS) is 12.9. The van der Waals surface area contributed by atoms with Gasteiger partial charge in [-0.3, -0.25) is 9.59 Å². The Kier molecular flexibility index (Phi) is 43.5. The van der Waals surface area contributed by atoms with Crippen LogP contribution in [-0.2, 0) is 19.1 Å². The minimum atomic E-state index is -0.777. The summed E-state index contributed by atoms with van der Waals surface area (Å²) in [6, 6.07) is 0. The van der Waals surface area contributed by atoms with E-state index in [0.29, 0.717) is 12.8 Å². The largest absolute Gasteiger partial charge is 0.462 e. The number of carbonyl (C=O) groups is 2. The number of carbonyl (C=O) groups excluding carboxylic acids is 2. The Bertz CT molecular complexity index is 1000. The molecule has 5 heteroatoms. The Morgan fingerprint density at radius 3 is 1.18 bits per heavy atom. The number of rotatable bonds is 41. The highest BCUT2D eigenvalue weighted by Crippen LogP contribution is 2.15. The molecule has 0 aromatic rings. The lowest BCUT2D eigenvalue weighted by Crippen LogP contribution is -2.28. The van der Waals surface area contributed by atoms with E-state index in [1.54, 1.807) is 0 Å². The van der Waals surface area contributed by atoms with Gasteiger partial charge in [-0.15, -0.1) is 0 Å². The van der Waals surface area contributed by atoms with E-state index in [4.69, 9.17) is 9.47 Å². The SMILES string of the molecule is CC/C=C\C/C=C\C/C=C\C/C=C\C/C=C\C/C=C\CCCCCCCCCCC(=O)OC(CO)COC(=O)CCCCCCCCCCCCCCCC. The van der Waals surface area contributed by atoms with Crippen LogP contribution in [0.2, 0.25) is 0 Å². The van der Waals surface area contributed by atoms with Crippen molar-refractivity contribution in [1.82, 2.24) is 0 Å². The molecule has 0 aliphatic rings. The van der Waals surface area contributed by atoms with Gasteiger partial charge >= 0.3 is 11.9 Å². The first-order chi connectivity index (χ1) is 27.1. The molecule has 55 heavy (non-hydrogen) atoms. The van der Waals surface area contributed by atoms with E-state index in [1.165, 1.54) is 103 Å². The molecule has 316 valence electrons. The monoisotopic (exact) mass is 767 g/mol. The summed E-state index contributed by atoms with van der Waals surface area (Å²) < 4.78 is 10.6. The molecule has 0 radical (unpaired) electrons. The van der Waals surface area contributed by atoms with E-state index >= 15 is 0 Å². The number of hydrogen-bond acceptors (Lipinski definition) is 5. The smallest absolute Gasteiger partial charge is 0.306 e. The van der Waals surface area contributed by atoms with Gasteiger partial charge in [0, 0.05) is 12.8 Å². The van der Waals surface area contributed by atoms with Gasteiger partial charge < -0.3 is 14.6 Å². The Morgan fingerprint density at radius 1 is 0.436 bits per heavy atom. The summed E-state index contributed by atoms with van der Waals surface area (Å²) >= 11 is 0. The second-order valence-corrected chi connectivity index (χ2v) is 15.1. The lowest BCUT2D eigenvalue weighted by Gasteiger charge is -2.15. The molecule has 0 aliphatic carbocycles. The predicted octanol–water partition coefficient (Wildman–Crippen LogP) is 14.9. The van der Waals surface area contributed by atoms with Gasteiger partial charge in [-0.05, 0) is 64.2 Å². The number of hydrogen-bond donors (Lipinski definition) is 1. The molecular weight excluding hydrogens is 681 g/mol. The summed E-state index contributed by atoms with van der Waals surface area (Å²) in [6.45, 7) is 4.02. The van der Waals surface area contributed by atoms with Crippen molar-refractivity contribution in [3.05, 3.63) is 72.9 Å². The predicted molar refractivity (Wildman–Crippen MR) is 237 cm³/mol. The summed E-state index contributed by atoms with van der Waals surface area (Å²) in [6.07, 6.45) is 61.2. The zero-order valence-electron chi connectivity index (χ0n) is 35.9. The quantitative estimate of drug-likeness (QED) is 0.0381. The molecule has 5 nitrogen and oxygen atoms in total. The van der Waals surface area contributed by atoms with Crippen LogP contribution in [0.5, 0.6) is 0 Å².